The molecule has 0 spiro atoms. The average Bonchev–Trinajstić information content (AvgIpc) is 2.55. The number of carbonyl (C=O) groups is 1. The van der Waals surface area contributed by atoms with E-state index in [2.05, 4.69) is 16.0 Å². The van der Waals surface area contributed by atoms with Crippen LogP contribution in [0.1, 0.15) is 11.1 Å². The highest BCUT2D eigenvalue weighted by atomic mass is 16.5. The van der Waals surface area contributed by atoms with E-state index in [0.29, 0.717) is 6.42 Å². The van der Waals surface area contributed by atoms with Gasteiger partial charge in [0.05, 0.1) is 32.3 Å². The molecule has 22 heavy (non-hydrogen) atoms. The molecule has 116 valence electrons. The number of hydrogen-bond acceptors (Lipinski definition) is 5. The van der Waals surface area contributed by atoms with Crippen LogP contribution in [0.4, 0.5) is 0 Å². The van der Waals surface area contributed by atoms with E-state index in [1.807, 2.05) is 24.4 Å². The van der Waals surface area contributed by atoms with E-state index in [4.69, 9.17) is 9.47 Å². The Morgan fingerprint density at radius 2 is 2.05 bits per heavy atom. The fraction of sp³-hybridized carbons (Fsp3) is 0.412. The van der Waals surface area contributed by atoms with E-state index in [9.17, 15) is 4.79 Å². The molecular weight excluding hydrogens is 280 g/mol. The number of aromatic nitrogens is 1. The highest BCUT2D eigenvalue weighted by molar-refractivity contribution is 5.81. The molecular formula is C17H20N2O3. The van der Waals surface area contributed by atoms with Gasteiger partial charge in [-0.2, -0.15) is 0 Å². The van der Waals surface area contributed by atoms with Crippen molar-refractivity contribution in [1.29, 1.82) is 0 Å². The zero-order valence-corrected chi connectivity index (χ0v) is 12.7. The number of carbonyl (C=O) groups excluding carboxylic acids is 1. The number of pyridine rings is 1. The first-order valence-corrected chi connectivity index (χ1v) is 7.49. The Bertz CT molecular complexity index is 666. The number of ether oxygens (including phenoxy) is 2. The van der Waals surface area contributed by atoms with E-state index < -0.39 is 0 Å². The lowest BCUT2D eigenvalue weighted by molar-refractivity contribution is -0.139. The summed E-state index contributed by atoms with van der Waals surface area (Å²) < 4.78 is 10.1. The minimum Gasteiger partial charge on any atom is -0.469 e. The molecule has 0 atom stereocenters. The van der Waals surface area contributed by atoms with Gasteiger partial charge in [0.2, 0.25) is 0 Å². The Balaban J connectivity index is 1.79. The molecule has 0 aliphatic carbocycles. The molecule has 0 saturated carbocycles. The zero-order valence-electron chi connectivity index (χ0n) is 12.7. The van der Waals surface area contributed by atoms with Gasteiger partial charge in [-0.05, 0) is 29.3 Å². The Hall–Kier alpha value is -1.98. The van der Waals surface area contributed by atoms with Gasteiger partial charge in [0.15, 0.2) is 0 Å². The molecule has 1 aromatic heterocycles. The standard InChI is InChI=1S/C17H20N2O3/c1-21-17(20)10-13-2-3-16-15(8-13)9-14(11-18-16)12-19-4-6-22-7-5-19/h2-3,8-9,11H,4-7,10,12H2,1H3. The molecule has 3 rings (SSSR count). The van der Waals surface area contributed by atoms with Crippen LogP contribution in [0.3, 0.4) is 0 Å². The summed E-state index contributed by atoms with van der Waals surface area (Å²) in [6.45, 7) is 4.39. The highest BCUT2D eigenvalue weighted by Crippen LogP contribution is 2.17. The monoisotopic (exact) mass is 300 g/mol. The van der Waals surface area contributed by atoms with Crippen LogP contribution in [0.25, 0.3) is 10.9 Å². The predicted molar refractivity (Wildman–Crippen MR) is 83.6 cm³/mol. The van der Waals surface area contributed by atoms with Crippen LogP contribution < -0.4 is 0 Å². The minimum absolute atomic E-state index is 0.225. The number of rotatable bonds is 4. The summed E-state index contributed by atoms with van der Waals surface area (Å²) in [4.78, 5) is 18.3. The SMILES string of the molecule is COC(=O)Cc1ccc2ncc(CN3CCOCC3)cc2c1. The third-order valence-electron chi connectivity index (χ3n) is 3.89. The van der Waals surface area contributed by atoms with E-state index in [1.165, 1.54) is 12.7 Å². The summed E-state index contributed by atoms with van der Waals surface area (Å²) in [6.07, 6.45) is 2.22. The number of methoxy groups -OCH3 is 1. The van der Waals surface area contributed by atoms with Crippen molar-refractivity contribution < 1.29 is 14.3 Å². The van der Waals surface area contributed by atoms with Crippen molar-refractivity contribution in [3.63, 3.8) is 0 Å². The summed E-state index contributed by atoms with van der Waals surface area (Å²) in [5.41, 5.74) is 3.08. The van der Waals surface area contributed by atoms with Gasteiger partial charge in [0, 0.05) is 31.2 Å². The molecule has 1 aliphatic rings. The van der Waals surface area contributed by atoms with Crippen LogP contribution in [0, 0.1) is 0 Å². The third kappa shape index (κ3) is 3.61. The number of morpholine rings is 1. The molecule has 1 aromatic carbocycles. The van der Waals surface area contributed by atoms with E-state index in [0.717, 1.165) is 49.3 Å². The van der Waals surface area contributed by atoms with Crippen LogP contribution >= 0.6 is 0 Å². The second-order valence-corrected chi connectivity index (χ2v) is 5.51. The topological polar surface area (TPSA) is 51.7 Å². The number of benzene rings is 1. The maximum Gasteiger partial charge on any atom is 0.309 e. The quantitative estimate of drug-likeness (QED) is 0.806. The van der Waals surface area contributed by atoms with Gasteiger partial charge in [0.1, 0.15) is 0 Å². The largest absolute Gasteiger partial charge is 0.469 e. The van der Waals surface area contributed by atoms with Crippen molar-refractivity contribution in [1.82, 2.24) is 9.88 Å². The van der Waals surface area contributed by atoms with E-state index in [-0.39, 0.29) is 5.97 Å². The van der Waals surface area contributed by atoms with Gasteiger partial charge in [0.25, 0.3) is 0 Å². The molecule has 0 bridgehead atoms. The highest BCUT2D eigenvalue weighted by Gasteiger charge is 2.11. The summed E-state index contributed by atoms with van der Waals surface area (Å²) in [7, 11) is 1.41. The first-order valence-electron chi connectivity index (χ1n) is 7.49. The summed E-state index contributed by atoms with van der Waals surface area (Å²) in [5.74, 6) is -0.225. The average molecular weight is 300 g/mol. The first-order chi connectivity index (χ1) is 10.7. The predicted octanol–water partition coefficient (Wildman–Crippen LogP) is 1.78. The van der Waals surface area contributed by atoms with Gasteiger partial charge >= 0.3 is 5.97 Å². The smallest absolute Gasteiger partial charge is 0.309 e. The summed E-state index contributed by atoms with van der Waals surface area (Å²) in [6, 6.07) is 8.04. The fourth-order valence-electron chi connectivity index (χ4n) is 2.68. The van der Waals surface area contributed by atoms with Crippen LogP contribution in [-0.2, 0) is 27.2 Å². The Morgan fingerprint density at radius 1 is 1.27 bits per heavy atom. The summed E-state index contributed by atoms with van der Waals surface area (Å²) >= 11 is 0. The minimum atomic E-state index is -0.225. The number of hydrogen-bond donors (Lipinski definition) is 0. The molecule has 0 N–H and O–H groups in total. The molecule has 5 nitrogen and oxygen atoms in total. The van der Waals surface area contributed by atoms with E-state index >= 15 is 0 Å². The molecule has 2 heterocycles. The van der Waals surface area contributed by atoms with Crippen LogP contribution in [0.15, 0.2) is 30.5 Å². The van der Waals surface area contributed by atoms with Crippen LogP contribution in [0.5, 0.6) is 0 Å². The molecule has 5 heteroatoms. The maximum atomic E-state index is 11.4. The third-order valence-corrected chi connectivity index (χ3v) is 3.89. The molecule has 1 fully saturated rings. The Morgan fingerprint density at radius 3 is 2.82 bits per heavy atom. The molecule has 0 amide bonds. The second kappa shape index (κ2) is 6.85. The second-order valence-electron chi connectivity index (χ2n) is 5.51. The Kier molecular flexibility index (Phi) is 4.65. The van der Waals surface area contributed by atoms with Gasteiger partial charge in [-0.25, -0.2) is 0 Å². The Labute approximate surface area is 129 Å². The number of nitrogens with zero attached hydrogens (tertiary/aromatic N) is 2. The van der Waals surface area contributed by atoms with Crippen molar-refractivity contribution in [3.8, 4) is 0 Å². The van der Waals surface area contributed by atoms with Gasteiger partial charge in [-0.1, -0.05) is 6.07 Å². The van der Waals surface area contributed by atoms with Crippen molar-refractivity contribution in [2.75, 3.05) is 33.4 Å². The van der Waals surface area contributed by atoms with Crippen molar-refractivity contribution >= 4 is 16.9 Å². The van der Waals surface area contributed by atoms with Crippen molar-refractivity contribution in [2.24, 2.45) is 0 Å². The van der Waals surface area contributed by atoms with Crippen LogP contribution in [-0.4, -0.2) is 49.3 Å². The number of fused-ring (bicyclic) bond motifs is 1. The molecule has 2 aromatic rings. The lowest BCUT2D eigenvalue weighted by Crippen LogP contribution is -2.35. The van der Waals surface area contributed by atoms with Crippen molar-refractivity contribution in [2.45, 2.75) is 13.0 Å². The fourth-order valence-corrected chi connectivity index (χ4v) is 2.68. The molecule has 1 aliphatic heterocycles. The zero-order chi connectivity index (χ0) is 15.4. The van der Waals surface area contributed by atoms with Gasteiger partial charge in [-0.3, -0.25) is 14.7 Å². The van der Waals surface area contributed by atoms with E-state index in [1.54, 1.807) is 0 Å². The molecule has 0 radical (unpaired) electrons. The maximum absolute atomic E-state index is 11.4. The molecule has 1 saturated heterocycles. The van der Waals surface area contributed by atoms with Gasteiger partial charge in [-0.15, -0.1) is 0 Å². The van der Waals surface area contributed by atoms with Crippen molar-refractivity contribution in [3.05, 3.63) is 41.6 Å². The van der Waals surface area contributed by atoms with Gasteiger partial charge < -0.3 is 9.47 Å². The first kappa shape index (κ1) is 14.9. The normalized spacial score (nSPS) is 15.9. The lowest BCUT2D eigenvalue weighted by Gasteiger charge is -2.26. The molecule has 0 unspecified atom stereocenters. The lowest BCUT2D eigenvalue weighted by atomic mass is 10.1. The van der Waals surface area contributed by atoms with Crippen LogP contribution in [0.2, 0.25) is 0 Å². The summed E-state index contributed by atoms with van der Waals surface area (Å²) in [5, 5.41) is 1.06. The number of esters is 1.